The number of nitrogens with one attached hydrogen (secondary N) is 1. The summed E-state index contributed by atoms with van der Waals surface area (Å²) in [5.74, 6) is -0.186. The zero-order valence-corrected chi connectivity index (χ0v) is 17.7. The molecule has 1 aliphatic heterocycles. The monoisotopic (exact) mass is 460 g/mol. The number of hydrogen-bond acceptors (Lipinski definition) is 3. The molecule has 0 fully saturated rings. The van der Waals surface area contributed by atoms with Gasteiger partial charge < -0.3 is 4.90 Å². The van der Waals surface area contributed by atoms with E-state index in [1.54, 1.807) is 35.2 Å². The lowest BCUT2D eigenvalue weighted by Crippen LogP contribution is -2.35. The third-order valence-electron chi connectivity index (χ3n) is 5.26. The van der Waals surface area contributed by atoms with E-state index < -0.39 is 21.8 Å². The number of fused-ring (bicyclic) bond motifs is 1. The van der Waals surface area contributed by atoms with Crippen LogP contribution in [0.2, 0.25) is 0 Å². The molecule has 3 aromatic carbocycles. The van der Waals surface area contributed by atoms with Crippen molar-refractivity contribution in [3.05, 3.63) is 89.5 Å². The van der Waals surface area contributed by atoms with Gasteiger partial charge in [0.25, 0.3) is 15.9 Å². The summed E-state index contributed by atoms with van der Waals surface area (Å²) in [4.78, 5) is 14.5. The van der Waals surface area contributed by atoms with Crippen LogP contribution >= 0.6 is 0 Å². The number of rotatable bonds is 4. The van der Waals surface area contributed by atoms with Gasteiger partial charge in [-0.2, -0.15) is 13.2 Å². The third kappa shape index (κ3) is 4.20. The van der Waals surface area contributed by atoms with E-state index in [2.05, 4.69) is 4.72 Å². The quantitative estimate of drug-likeness (QED) is 0.589. The SMILES string of the molecule is C[C@@H]1Cc2cc(S(=O)(=O)Nc3cccc(C(F)(F)F)c3)ccc2N1C(=O)c1ccccc1. The summed E-state index contributed by atoms with van der Waals surface area (Å²) >= 11 is 0. The van der Waals surface area contributed by atoms with Gasteiger partial charge in [0.15, 0.2) is 0 Å². The van der Waals surface area contributed by atoms with E-state index >= 15 is 0 Å². The lowest BCUT2D eigenvalue weighted by Gasteiger charge is -2.23. The van der Waals surface area contributed by atoms with E-state index in [0.29, 0.717) is 23.2 Å². The minimum atomic E-state index is -4.58. The van der Waals surface area contributed by atoms with Gasteiger partial charge >= 0.3 is 6.18 Å². The summed E-state index contributed by atoms with van der Waals surface area (Å²) in [6.07, 6.45) is -4.12. The maximum absolute atomic E-state index is 13.0. The first-order valence-corrected chi connectivity index (χ1v) is 11.3. The summed E-state index contributed by atoms with van der Waals surface area (Å²) in [6, 6.07) is 17.0. The van der Waals surface area contributed by atoms with Crippen molar-refractivity contribution in [3.63, 3.8) is 0 Å². The largest absolute Gasteiger partial charge is 0.416 e. The zero-order chi connectivity index (χ0) is 23.1. The van der Waals surface area contributed by atoms with E-state index in [0.717, 1.165) is 18.2 Å². The molecule has 3 aromatic rings. The molecule has 1 atom stereocenters. The Balaban J connectivity index is 1.62. The lowest BCUT2D eigenvalue weighted by molar-refractivity contribution is -0.137. The van der Waals surface area contributed by atoms with Crippen LogP contribution in [-0.4, -0.2) is 20.4 Å². The van der Waals surface area contributed by atoms with Gasteiger partial charge in [-0.25, -0.2) is 8.42 Å². The predicted octanol–water partition coefficient (Wildman–Crippen LogP) is 5.10. The first-order chi connectivity index (χ1) is 15.1. The van der Waals surface area contributed by atoms with Crippen molar-refractivity contribution in [2.75, 3.05) is 9.62 Å². The zero-order valence-electron chi connectivity index (χ0n) is 16.9. The number of sulfonamides is 1. The van der Waals surface area contributed by atoms with Crippen molar-refractivity contribution in [1.29, 1.82) is 0 Å². The molecular formula is C23H19F3N2O3S. The Morgan fingerprint density at radius 1 is 1.00 bits per heavy atom. The molecule has 1 N–H and O–H groups in total. The number of carbonyl (C=O) groups is 1. The number of anilines is 2. The fourth-order valence-electron chi connectivity index (χ4n) is 3.78. The molecule has 0 radical (unpaired) electrons. The second-order valence-corrected chi connectivity index (χ2v) is 9.25. The number of nitrogens with zero attached hydrogens (tertiary/aromatic N) is 1. The Bertz CT molecular complexity index is 1280. The number of alkyl halides is 3. The van der Waals surface area contributed by atoms with Crippen molar-refractivity contribution in [2.24, 2.45) is 0 Å². The van der Waals surface area contributed by atoms with Gasteiger partial charge in [-0.3, -0.25) is 9.52 Å². The van der Waals surface area contributed by atoms with Crippen LogP contribution in [0.5, 0.6) is 0 Å². The molecular weight excluding hydrogens is 441 g/mol. The number of amides is 1. The van der Waals surface area contributed by atoms with Crippen LogP contribution in [-0.2, 0) is 22.6 Å². The second kappa shape index (κ2) is 7.98. The highest BCUT2D eigenvalue weighted by Crippen LogP contribution is 2.36. The fraction of sp³-hybridized carbons (Fsp3) is 0.174. The molecule has 32 heavy (non-hydrogen) atoms. The second-order valence-electron chi connectivity index (χ2n) is 7.57. The van der Waals surface area contributed by atoms with Crippen LogP contribution in [0.1, 0.15) is 28.4 Å². The molecule has 0 bridgehead atoms. The van der Waals surface area contributed by atoms with Crippen molar-refractivity contribution in [1.82, 2.24) is 0 Å². The van der Waals surface area contributed by atoms with Crippen molar-refractivity contribution in [3.8, 4) is 0 Å². The average Bonchev–Trinajstić information content (AvgIpc) is 3.08. The van der Waals surface area contributed by atoms with Crippen molar-refractivity contribution in [2.45, 2.75) is 30.5 Å². The molecule has 9 heteroatoms. The van der Waals surface area contributed by atoms with Gasteiger partial charge in [0.05, 0.1) is 10.5 Å². The van der Waals surface area contributed by atoms with E-state index in [9.17, 15) is 26.4 Å². The molecule has 0 saturated heterocycles. The molecule has 0 aromatic heterocycles. The maximum atomic E-state index is 13.0. The minimum Gasteiger partial charge on any atom is -0.305 e. The van der Waals surface area contributed by atoms with Crippen LogP contribution in [0.4, 0.5) is 24.5 Å². The molecule has 0 spiro atoms. The molecule has 1 aliphatic rings. The normalized spacial score (nSPS) is 16.0. The van der Waals surface area contributed by atoms with Gasteiger partial charge in [-0.15, -0.1) is 0 Å². The predicted molar refractivity (Wildman–Crippen MR) is 115 cm³/mol. The smallest absolute Gasteiger partial charge is 0.305 e. The summed E-state index contributed by atoms with van der Waals surface area (Å²) in [5.41, 5.74) is 0.679. The van der Waals surface area contributed by atoms with Crippen LogP contribution in [0.3, 0.4) is 0 Å². The highest BCUT2D eigenvalue weighted by atomic mass is 32.2. The Morgan fingerprint density at radius 2 is 1.72 bits per heavy atom. The van der Waals surface area contributed by atoms with E-state index in [-0.39, 0.29) is 22.5 Å². The Morgan fingerprint density at radius 3 is 2.41 bits per heavy atom. The summed E-state index contributed by atoms with van der Waals surface area (Å²) in [7, 11) is -4.13. The molecule has 4 rings (SSSR count). The molecule has 166 valence electrons. The molecule has 0 saturated carbocycles. The summed E-state index contributed by atoms with van der Waals surface area (Å²) in [5, 5.41) is 0. The van der Waals surface area contributed by atoms with Gasteiger partial charge in [-0.05, 0) is 67.4 Å². The highest BCUT2D eigenvalue weighted by molar-refractivity contribution is 7.92. The number of benzene rings is 3. The first kappa shape index (κ1) is 21.9. The first-order valence-electron chi connectivity index (χ1n) is 9.78. The average molecular weight is 460 g/mol. The van der Waals surface area contributed by atoms with Gasteiger partial charge in [-0.1, -0.05) is 24.3 Å². The molecule has 0 aliphatic carbocycles. The van der Waals surface area contributed by atoms with Crippen molar-refractivity contribution >= 4 is 27.3 Å². The van der Waals surface area contributed by atoms with E-state index in [1.807, 2.05) is 13.0 Å². The van der Waals surface area contributed by atoms with Gasteiger partial charge in [0.2, 0.25) is 0 Å². The summed E-state index contributed by atoms with van der Waals surface area (Å²) in [6.45, 7) is 1.87. The van der Waals surface area contributed by atoms with Gasteiger partial charge in [0, 0.05) is 23.0 Å². The Hall–Kier alpha value is -3.33. The Kier molecular flexibility index (Phi) is 5.46. The van der Waals surface area contributed by atoms with Gasteiger partial charge in [0.1, 0.15) is 0 Å². The highest BCUT2D eigenvalue weighted by Gasteiger charge is 2.33. The summed E-state index contributed by atoms with van der Waals surface area (Å²) < 4.78 is 66.6. The standard InChI is InChI=1S/C23H19F3N2O3S/c1-15-12-17-13-20(10-11-21(17)28(15)22(29)16-6-3-2-4-7-16)32(30,31)27-19-9-5-8-18(14-19)23(24,25)26/h2-11,13-15,27H,12H2,1H3/t15-/m1/s1. The lowest BCUT2D eigenvalue weighted by atomic mass is 10.1. The molecule has 5 nitrogen and oxygen atoms in total. The number of hydrogen-bond donors (Lipinski definition) is 1. The van der Waals surface area contributed by atoms with Crippen LogP contribution in [0, 0.1) is 0 Å². The van der Waals surface area contributed by atoms with Crippen LogP contribution in [0.15, 0.2) is 77.7 Å². The number of carbonyl (C=O) groups excluding carboxylic acids is 1. The van der Waals surface area contributed by atoms with Crippen LogP contribution in [0.25, 0.3) is 0 Å². The maximum Gasteiger partial charge on any atom is 0.416 e. The Labute approximate surface area is 183 Å². The van der Waals surface area contributed by atoms with E-state index in [1.165, 1.54) is 18.2 Å². The van der Waals surface area contributed by atoms with Crippen molar-refractivity contribution < 1.29 is 26.4 Å². The fourth-order valence-corrected chi connectivity index (χ4v) is 4.88. The topological polar surface area (TPSA) is 66.5 Å². The third-order valence-corrected chi connectivity index (χ3v) is 6.64. The minimum absolute atomic E-state index is 0.0881. The number of halogens is 3. The molecule has 0 unspecified atom stereocenters. The van der Waals surface area contributed by atoms with Crippen LogP contribution < -0.4 is 9.62 Å². The van der Waals surface area contributed by atoms with E-state index in [4.69, 9.17) is 0 Å². The molecule has 1 heterocycles. The molecule has 1 amide bonds.